The molecule has 1 aliphatic heterocycles. The molecule has 0 spiro atoms. The van der Waals surface area contributed by atoms with Crippen LogP contribution < -0.4 is 16.0 Å². The Morgan fingerprint density at radius 1 is 1.14 bits per heavy atom. The summed E-state index contributed by atoms with van der Waals surface area (Å²) in [6, 6.07) is 5.19. The summed E-state index contributed by atoms with van der Waals surface area (Å²) in [5, 5.41) is 8.52. The quantitative estimate of drug-likeness (QED) is 0.551. The van der Waals surface area contributed by atoms with Gasteiger partial charge in [0.2, 0.25) is 0 Å². The maximum Gasteiger partial charge on any atom is 0.313 e. The minimum atomic E-state index is -4.06. The predicted molar refractivity (Wildman–Crippen MR) is 110 cm³/mol. The van der Waals surface area contributed by atoms with Crippen LogP contribution in [0.1, 0.15) is 19.3 Å². The summed E-state index contributed by atoms with van der Waals surface area (Å²) in [7, 11) is -6.89. The van der Waals surface area contributed by atoms with E-state index in [9.17, 15) is 22.2 Å². The van der Waals surface area contributed by atoms with Crippen LogP contribution in [0, 0.1) is 11.3 Å². The lowest BCUT2D eigenvalue weighted by Gasteiger charge is -2.28. The molecule has 1 saturated carbocycles. The zero-order valence-electron chi connectivity index (χ0n) is 16.4. The Morgan fingerprint density at radius 3 is 2.31 bits per heavy atom. The van der Waals surface area contributed by atoms with Gasteiger partial charge in [-0.15, -0.1) is 3.77 Å². The molecule has 160 valence electrons. The van der Waals surface area contributed by atoms with Gasteiger partial charge in [0.1, 0.15) is 0 Å². The number of hydrogen-bond acceptors (Lipinski definition) is 6. The summed E-state index contributed by atoms with van der Waals surface area (Å²) in [5.41, 5.74) is 0.310. The van der Waals surface area contributed by atoms with Crippen LogP contribution in [0.2, 0.25) is 0 Å². The number of nitrogens with zero attached hydrogens (tertiary/aromatic N) is 1. The van der Waals surface area contributed by atoms with Gasteiger partial charge in [-0.25, -0.2) is 4.21 Å². The number of anilines is 1. The van der Waals surface area contributed by atoms with Crippen LogP contribution in [0.25, 0.3) is 0 Å². The molecule has 2 amide bonds. The van der Waals surface area contributed by atoms with E-state index in [1.54, 1.807) is 0 Å². The Morgan fingerprint density at radius 2 is 1.79 bits per heavy atom. The van der Waals surface area contributed by atoms with E-state index >= 15 is 0 Å². The van der Waals surface area contributed by atoms with Gasteiger partial charge >= 0.3 is 11.8 Å². The van der Waals surface area contributed by atoms with Crippen LogP contribution in [0.4, 0.5) is 5.69 Å². The number of sulfonamides is 1. The Balaban J connectivity index is 1.59. The first-order valence-corrected chi connectivity index (χ1v) is 13.1. The zero-order chi connectivity index (χ0) is 21.3. The fourth-order valence-electron chi connectivity index (χ4n) is 3.62. The van der Waals surface area contributed by atoms with Gasteiger partial charge in [0.15, 0.2) is 0 Å². The third kappa shape index (κ3) is 5.55. The standard InChI is InChI=1S/C18H26N4O5S2/c1-28(2,25)22-29(26,27)15-7-5-14(6-8-15)21-17(24)16(23)20-12-18(13-3-4-13)9-10-19-11-18/h5-8,13,19H,3-4,9-12H2,1-2H3,(H,20,23)(H,21,24). The maximum atomic E-state index is 12.2. The molecule has 2 aliphatic rings. The van der Waals surface area contributed by atoms with Crippen molar-refractivity contribution >= 4 is 37.3 Å². The van der Waals surface area contributed by atoms with Crippen LogP contribution in [-0.4, -0.2) is 56.6 Å². The summed E-state index contributed by atoms with van der Waals surface area (Å²) in [6.45, 7) is 2.23. The number of rotatable bonds is 6. The van der Waals surface area contributed by atoms with Gasteiger partial charge in [0, 0.05) is 36.7 Å². The van der Waals surface area contributed by atoms with Gasteiger partial charge in [-0.3, -0.25) is 9.59 Å². The number of hydrogen-bond donors (Lipinski definition) is 3. The number of benzene rings is 1. The lowest BCUT2D eigenvalue weighted by Crippen LogP contribution is -2.44. The van der Waals surface area contributed by atoms with Crippen LogP contribution >= 0.6 is 0 Å². The Kier molecular flexibility index (Phi) is 6.02. The smallest absolute Gasteiger partial charge is 0.313 e. The minimum Gasteiger partial charge on any atom is -0.347 e. The van der Waals surface area contributed by atoms with E-state index in [-0.39, 0.29) is 16.0 Å². The monoisotopic (exact) mass is 442 g/mol. The molecule has 9 nitrogen and oxygen atoms in total. The molecule has 1 atom stereocenters. The highest BCUT2D eigenvalue weighted by atomic mass is 32.3. The molecule has 0 radical (unpaired) electrons. The zero-order valence-corrected chi connectivity index (χ0v) is 18.1. The highest BCUT2D eigenvalue weighted by Crippen LogP contribution is 2.48. The topological polar surface area (TPSA) is 134 Å². The number of amides is 2. The van der Waals surface area contributed by atoms with Crippen LogP contribution in [0.15, 0.2) is 32.9 Å². The van der Waals surface area contributed by atoms with Crippen molar-refractivity contribution in [3.8, 4) is 0 Å². The molecule has 1 aromatic rings. The molecular formula is C18H26N4O5S2. The van der Waals surface area contributed by atoms with Gasteiger partial charge < -0.3 is 16.0 Å². The molecule has 1 heterocycles. The molecule has 2 fully saturated rings. The first kappa shape index (κ1) is 21.7. The summed E-state index contributed by atoms with van der Waals surface area (Å²) in [5.74, 6) is -0.936. The van der Waals surface area contributed by atoms with E-state index in [1.165, 1.54) is 36.8 Å². The molecule has 1 unspecified atom stereocenters. The van der Waals surface area contributed by atoms with Crippen LogP contribution in [-0.2, 0) is 29.3 Å². The van der Waals surface area contributed by atoms with Crippen molar-refractivity contribution in [3.05, 3.63) is 24.3 Å². The Hall–Kier alpha value is -1.98. The Labute approximate surface area is 171 Å². The van der Waals surface area contributed by atoms with Gasteiger partial charge in [0.05, 0.1) is 14.6 Å². The molecule has 0 aromatic heterocycles. The number of carbonyl (C=O) groups is 2. The van der Waals surface area contributed by atoms with Crippen molar-refractivity contribution < 1.29 is 22.2 Å². The van der Waals surface area contributed by atoms with Crippen molar-refractivity contribution in [1.82, 2.24) is 10.6 Å². The van der Waals surface area contributed by atoms with Crippen molar-refractivity contribution in [2.75, 3.05) is 37.5 Å². The van der Waals surface area contributed by atoms with Crippen LogP contribution in [0.5, 0.6) is 0 Å². The molecule has 11 heteroatoms. The first-order chi connectivity index (χ1) is 13.5. The molecule has 29 heavy (non-hydrogen) atoms. The summed E-state index contributed by atoms with van der Waals surface area (Å²) >= 11 is 0. The van der Waals surface area contributed by atoms with Crippen molar-refractivity contribution in [2.45, 2.75) is 24.2 Å². The van der Waals surface area contributed by atoms with E-state index < -0.39 is 31.6 Å². The highest BCUT2D eigenvalue weighted by Gasteiger charge is 2.47. The second-order valence-corrected chi connectivity index (χ2v) is 12.3. The third-order valence-corrected chi connectivity index (χ3v) is 8.30. The van der Waals surface area contributed by atoms with Crippen LogP contribution in [0.3, 0.4) is 0 Å². The molecular weight excluding hydrogens is 416 g/mol. The highest BCUT2D eigenvalue weighted by molar-refractivity contribution is 8.02. The molecule has 1 aliphatic carbocycles. The normalized spacial score (nSPS) is 22.1. The molecule has 1 aromatic carbocycles. The van der Waals surface area contributed by atoms with E-state index in [0.717, 1.165) is 32.4 Å². The number of carbonyl (C=O) groups excluding carboxylic acids is 2. The van der Waals surface area contributed by atoms with Crippen molar-refractivity contribution in [3.63, 3.8) is 0 Å². The van der Waals surface area contributed by atoms with E-state index in [1.807, 2.05) is 0 Å². The first-order valence-electron chi connectivity index (χ1n) is 9.34. The second kappa shape index (κ2) is 8.04. The molecule has 1 saturated heterocycles. The fraction of sp³-hybridized carbons (Fsp3) is 0.556. The number of nitrogens with one attached hydrogen (secondary N) is 3. The summed E-state index contributed by atoms with van der Waals surface area (Å²) in [6.07, 6.45) is 5.77. The average molecular weight is 443 g/mol. The third-order valence-electron chi connectivity index (χ3n) is 5.22. The van der Waals surface area contributed by atoms with Gasteiger partial charge in [-0.05, 0) is 56.0 Å². The van der Waals surface area contributed by atoms with E-state index in [4.69, 9.17) is 0 Å². The van der Waals surface area contributed by atoms with Gasteiger partial charge in [0.25, 0.3) is 10.0 Å². The maximum absolute atomic E-state index is 12.2. The SMILES string of the molecule is CS(C)(=O)=NS(=O)(=O)c1ccc(NC(=O)C(=O)NCC2(C3CC3)CCNC2)cc1. The van der Waals surface area contributed by atoms with Crippen molar-refractivity contribution in [2.24, 2.45) is 15.1 Å². The average Bonchev–Trinajstić information content (AvgIpc) is 3.38. The fourth-order valence-corrected chi connectivity index (χ4v) is 6.33. The van der Waals surface area contributed by atoms with E-state index in [0.29, 0.717) is 12.5 Å². The molecule has 0 bridgehead atoms. The lowest BCUT2D eigenvalue weighted by atomic mass is 9.81. The lowest BCUT2D eigenvalue weighted by molar-refractivity contribution is -0.136. The largest absolute Gasteiger partial charge is 0.347 e. The van der Waals surface area contributed by atoms with Gasteiger partial charge in [-0.2, -0.15) is 8.42 Å². The predicted octanol–water partition coefficient (Wildman–Crippen LogP) is 0.547. The summed E-state index contributed by atoms with van der Waals surface area (Å²) < 4.78 is 39.2. The minimum absolute atomic E-state index is 0.0345. The molecule has 3 rings (SSSR count). The van der Waals surface area contributed by atoms with E-state index in [2.05, 4.69) is 19.7 Å². The Bertz CT molecular complexity index is 1010. The summed E-state index contributed by atoms with van der Waals surface area (Å²) in [4.78, 5) is 24.2. The van der Waals surface area contributed by atoms with Crippen molar-refractivity contribution in [1.29, 1.82) is 0 Å². The van der Waals surface area contributed by atoms with Gasteiger partial charge in [-0.1, -0.05) is 0 Å². The molecule has 3 N–H and O–H groups in total. The second-order valence-electron chi connectivity index (χ2n) is 7.96.